The number of hydrazone groups is 1. The zero-order chi connectivity index (χ0) is 13.0. The van der Waals surface area contributed by atoms with Crippen LogP contribution in [0.5, 0.6) is 0 Å². The molecule has 0 atom stereocenters. The molecule has 0 aliphatic rings. The molecule has 2 aromatic rings. The smallest absolute Gasteiger partial charge is 0.203 e. The van der Waals surface area contributed by atoms with Gasteiger partial charge < -0.3 is 5.73 Å². The zero-order valence-electron chi connectivity index (χ0n) is 9.71. The summed E-state index contributed by atoms with van der Waals surface area (Å²) in [5, 5.41) is 15.6. The summed E-state index contributed by atoms with van der Waals surface area (Å²) in [7, 11) is 0. The Kier molecular flexibility index (Phi) is 3.55. The van der Waals surface area contributed by atoms with E-state index in [9.17, 15) is 0 Å². The van der Waals surface area contributed by atoms with Gasteiger partial charge in [0.25, 0.3) is 0 Å². The molecule has 18 heavy (non-hydrogen) atoms. The van der Waals surface area contributed by atoms with Gasteiger partial charge in [0.2, 0.25) is 5.13 Å². The van der Waals surface area contributed by atoms with E-state index in [1.807, 2.05) is 18.4 Å². The van der Waals surface area contributed by atoms with Gasteiger partial charge in [-0.15, -0.1) is 11.3 Å². The van der Waals surface area contributed by atoms with Crippen LogP contribution in [0.4, 0.5) is 10.8 Å². The molecule has 0 fully saturated rings. The Bertz CT molecular complexity index is 624. The number of nitriles is 1. The monoisotopic (exact) mass is 257 g/mol. The summed E-state index contributed by atoms with van der Waals surface area (Å²) in [4.78, 5) is 4.21. The normalized spacial score (nSPS) is 10.4. The fourth-order valence-corrected chi connectivity index (χ4v) is 1.96. The van der Waals surface area contributed by atoms with E-state index in [-0.39, 0.29) is 0 Å². The molecule has 0 saturated carbocycles. The minimum atomic E-state index is 0.448. The van der Waals surface area contributed by atoms with E-state index in [0.717, 1.165) is 16.4 Å². The average molecular weight is 257 g/mol. The summed E-state index contributed by atoms with van der Waals surface area (Å²) in [6.07, 6.45) is 1.62. The zero-order valence-corrected chi connectivity index (χ0v) is 10.5. The van der Waals surface area contributed by atoms with Gasteiger partial charge in [0.15, 0.2) is 0 Å². The van der Waals surface area contributed by atoms with Crippen molar-refractivity contribution in [3.05, 3.63) is 40.4 Å². The van der Waals surface area contributed by atoms with Gasteiger partial charge in [-0.2, -0.15) is 10.4 Å². The number of rotatable bonds is 3. The van der Waals surface area contributed by atoms with Crippen LogP contribution in [-0.4, -0.2) is 11.2 Å². The fraction of sp³-hybridized carbons (Fsp3) is 0.0833. The van der Waals surface area contributed by atoms with Crippen LogP contribution in [0.25, 0.3) is 0 Å². The number of nitrogens with two attached hydrogens (primary N) is 1. The Morgan fingerprint density at radius 2 is 2.39 bits per heavy atom. The Hall–Kier alpha value is -2.39. The Morgan fingerprint density at radius 3 is 3.06 bits per heavy atom. The molecule has 0 unspecified atom stereocenters. The van der Waals surface area contributed by atoms with Crippen LogP contribution in [0.3, 0.4) is 0 Å². The van der Waals surface area contributed by atoms with Crippen LogP contribution in [-0.2, 0) is 0 Å². The minimum Gasteiger partial charge on any atom is -0.398 e. The molecule has 0 aliphatic heterocycles. The minimum absolute atomic E-state index is 0.448. The van der Waals surface area contributed by atoms with Gasteiger partial charge in [-0.25, -0.2) is 4.98 Å². The van der Waals surface area contributed by atoms with Gasteiger partial charge in [0.1, 0.15) is 6.07 Å². The van der Waals surface area contributed by atoms with Gasteiger partial charge in [-0.05, 0) is 24.6 Å². The van der Waals surface area contributed by atoms with E-state index in [1.54, 1.807) is 24.4 Å². The van der Waals surface area contributed by atoms with Crippen LogP contribution in [0.2, 0.25) is 0 Å². The van der Waals surface area contributed by atoms with Crippen molar-refractivity contribution in [2.45, 2.75) is 6.92 Å². The van der Waals surface area contributed by atoms with Crippen LogP contribution < -0.4 is 11.2 Å². The number of aromatic nitrogens is 1. The maximum Gasteiger partial charge on any atom is 0.203 e. The SMILES string of the molecule is Cc1csc(NN=Cc2ccc(N)c(C#N)c2)n1. The standard InChI is InChI=1S/C12H11N5S/c1-8-7-18-12(16-8)17-15-6-9-2-3-11(14)10(4-9)5-13/h2-4,6-7H,14H2,1H3,(H,16,17). The molecule has 3 N–H and O–H groups in total. The van der Waals surface area contributed by atoms with Crippen molar-refractivity contribution in [3.63, 3.8) is 0 Å². The summed E-state index contributed by atoms with van der Waals surface area (Å²) in [6.45, 7) is 1.92. The number of nitrogens with zero attached hydrogens (tertiary/aromatic N) is 3. The second-order valence-electron chi connectivity index (χ2n) is 3.62. The van der Waals surface area contributed by atoms with E-state index in [0.29, 0.717) is 11.3 Å². The molecular formula is C12H11N5S. The van der Waals surface area contributed by atoms with Crippen LogP contribution in [0.15, 0.2) is 28.7 Å². The number of hydrogen-bond donors (Lipinski definition) is 2. The molecule has 1 aromatic heterocycles. The van der Waals surface area contributed by atoms with E-state index < -0.39 is 0 Å². The number of anilines is 2. The number of benzene rings is 1. The maximum absolute atomic E-state index is 8.85. The molecule has 0 saturated heterocycles. The predicted molar refractivity (Wildman–Crippen MR) is 73.6 cm³/mol. The van der Waals surface area contributed by atoms with E-state index in [4.69, 9.17) is 11.0 Å². The van der Waals surface area contributed by atoms with Gasteiger partial charge in [-0.1, -0.05) is 6.07 Å². The third-order valence-electron chi connectivity index (χ3n) is 2.19. The molecule has 0 bridgehead atoms. The molecule has 0 radical (unpaired) electrons. The third-order valence-corrected chi connectivity index (χ3v) is 3.06. The van der Waals surface area contributed by atoms with E-state index >= 15 is 0 Å². The number of hydrogen-bond acceptors (Lipinski definition) is 6. The Balaban J connectivity index is 2.07. The molecule has 0 spiro atoms. The first kappa shape index (κ1) is 12.1. The van der Waals surface area contributed by atoms with Crippen molar-refractivity contribution in [1.82, 2.24) is 4.98 Å². The van der Waals surface area contributed by atoms with Crippen molar-refractivity contribution in [2.75, 3.05) is 11.2 Å². The largest absolute Gasteiger partial charge is 0.398 e. The van der Waals surface area contributed by atoms with Crippen molar-refractivity contribution < 1.29 is 0 Å². The predicted octanol–water partition coefficient (Wildman–Crippen LogP) is 2.35. The molecule has 5 nitrogen and oxygen atoms in total. The first-order valence-corrected chi connectivity index (χ1v) is 6.08. The molecule has 90 valence electrons. The molecule has 1 aromatic carbocycles. The Morgan fingerprint density at radius 1 is 1.56 bits per heavy atom. The molecular weight excluding hydrogens is 246 g/mol. The van der Waals surface area contributed by atoms with Gasteiger partial charge >= 0.3 is 0 Å². The van der Waals surface area contributed by atoms with Crippen molar-refractivity contribution >= 4 is 28.4 Å². The van der Waals surface area contributed by atoms with Crippen LogP contribution in [0, 0.1) is 18.3 Å². The second-order valence-corrected chi connectivity index (χ2v) is 4.48. The number of thiazole rings is 1. The number of nitrogen functional groups attached to an aromatic ring is 1. The van der Waals surface area contributed by atoms with Gasteiger partial charge in [0, 0.05) is 11.1 Å². The van der Waals surface area contributed by atoms with Gasteiger partial charge in [0.05, 0.1) is 17.5 Å². The average Bonchev–Trinajstić information content (AvgIpc) is 2.77. The van der Waals surface area contributed by atoms with Crippen molar-refractivity contribution in [2.24, 2.45) is 5.10 Å². The topological polar surface area (TPSA) is 87.1 Å². The van der Waals surface area contributed by atoms with Crippen LogP contribution in [0.1, 0.15) is 16.8 Å². The van der Waals surface area contributed by atoms with E-state index in [1.165, 1.54) is 11.3 Å². The number of aryl methyl sites for hydroxylation is 1. The second kappa shape index (κ2) is 5.29. The number of nitrogens with one attached hydrogen (secondary N) is 1. The molecule has 1 heterocycles. The summed E-state index contributed by atoms with van der Waals surface area (Å²) >= 11 is 1.49. The lowest BCUT2D eigenvalue weighted by Gasteiger charge is -1.98. The quantitative estimate of drug-likeness (QED) is 0.502. The van der Waals surface area contributed by atoms with Crippen LogP contribution >= 0.6 is 11.3 Å². The van der Waals surface area contributed by atoms with Gasteiger partial charge in [-0.3, -0.25) is 5.43 Å². The Labute approximate surface area is 109 Å². The lowest BCUT2D eigenvalue weighted by Crippen LogP contribution is -1.94. The molecule has 2 rings (SSSR count). The fourth-order valence-electron chi connectivity index (χ4n) is 1.32. The highest BCUT2D eigenvalue weighted by molar-refractivity contribution is 7.13. The lowest BCUT2D eigenvalue weighted by molar-refractivity contribution is 1.22. The molecule has 0 aliphatic carbocycles. The van der Waals surface area contributed by atoms with Crippen molar-refractivity contribution in [3.8, 4) is 6.07 Å². The summed E-state index contributed by atoms with van der Waals surface area (Å²) in [6, 6.07) is 7.21. The van der Waals surface area contributed by atoms with Crippen molar-refractivity contribution in [1.29, 1.82) is 5.26 Å². The summed E-state index contributed by atoms with van der Waals surface area (Å²) < 4.78 is 0. The molecule has 6 heteroatoms. The highest BCUT2D eigenvalue weighted by atomic mass is 32.1. The maximum atomic E-state index is 8.85. The molecule has 0 amide bonds. The van der Waals surface area contributed by atoms with E-state index in [2.05, 4.69) is 15.5 Å². The lowest BCUT2D eigenvalue weighted by atomic mass is 10.1. The summed E-state index contributed by atoms with van der Waals surface area (Å²) in [5.41, 5.74) is 11.1. The first-order chi connectivity index (χ1) is 8.69. The third kappa shape index (κ3) is 2.84. The highest BCUT2D eigenvalue weighted by Gasteiger charge is 1.98. The summed E-state index contributed by atoms with van der Waals surface area (Å²) in [5.74, 6) is 0. The highest BCUT2D eigenvalue weighted by Crippen LogP contribution is 2.14. The first-order valence-electron chi connectivity index (χ1n) is 5.20.